The Bertz CT molecular complexity index is 569. The van der Waals surface area contributed by atoms with Crippen molar-refractivity contribution in [2.24, 2.45) is 5.92 Å². The number of carbonyl (C=O) groups is 1. The van der Waals surface area contributed by atoms with Crippen molar-refractivity contribution in [1.82, 2.24) is 4.98 Å². The molecular weight excluding hydrogens is 218 g/mol. The number of carboxylic acid groups (broad SMARTS) is 1. The molecule has 0 radical (unpaired) electrons. The van der Waals surface area contributed by atoms with Gasteiger partial charge in [0.2, 0.25) is 0 Å². The predicted molar refractivity (Wildman–Crippen MR) is 62.0 cm³/mol. The van der Waals surface area contributed by atoms with Gasteiger partial charge in [-0.3, -0.25) is 0 Å². The molecule has 0 spiro atoms. The summed E-state index contributed by atoms with van der Waals surface area (Å²) in [7, 11) is 0. The summed E-state index contributed by atoms with van der Waals surface area (Å²) < 4.78 is 5.59. The zero-order valence-electron chi connectivity index (χ0n) is 9.35. The van der Waals surface area contributed by atoms with E-state index < -0.39 is 5.97 Å². The lowest BCUT2D eigenvalue weighted by Gasteiger charge is -2.23. The molecule has 1 aliphatic carbocycles. The van der Waals surface area contributed by atoms with Crippen LogP contribution in [0.1, 0.15) is 35.5 Å². The number of benzene rings is 1. The number of aromatic nitrogens is 1. The third-order valence-corrected chi connectivity index (χ3v) is 3.37. The molecular formula is C13H13NO3. The van der Waals surface area contributed by atoms with E-state index in [9.17, 15) is 4.79 Å². The van der Waals surface area contributed by atoms with E-state index in [0.29, 0.717) is 11.5 Å². The number of carboxylic acids is 1. The van der Waals surface area contributed by atoms with Gasteiger partial charge in [0.15, 0.2) is 11.5 Å². The number of rotatable bonds is 3. The number of nitrogens with zero attached hydrogens (tertiary/aromatic N) is 1. The van der Waals surface area contributed by atoms with Crippen LogP contribution in [0.2, 0.25) is 0 Å². The molecule has 1 N–H and O–H groups in total. The lowest BCUT2D eigenvalue weighted by molar-refractivity contribution is 0.0697. The monoisotopic (exact) mass is 231 g/mol. The smallest absolute Gasteiger partial charge is 0.335 e. The fraction of sp³-hybridized carbons (Fsp3) is 0.385. The Kier molecular flexibility index (Phi) is 2.35. The second kappa shape index (κ2) is 3.87. The van der Waals surface area contributed by atoms with Crippen LogP contribution in [0.25, 0.3) is 11.1 Å². The summed E-state index contributed by atoms with van der Waals surface area (Å²) >= 11 is 0. The van der Waals surface area contributed by atoms with Crippen LogP contribution >= 0.6 is 0 Å². The summed E-state index contributed by atoms with van der Waals surface area (Å²) in [5, 5.41) is 8.88. The van der Waals surface area contributed by atoms with E-state index in [2.05, 4.69) is 4.98 Å². The van der Waals surface area contributed by atoms with Crippen LogP contribution in [0.15, 0.2) is 22.6 Å². The van der Waals surface area contributed by atoms with E-state index in [4.69, 9.17) is 9.52 Å². The first kappa shape index (κ1) is 10.3. The zero-order valence-corrected chi connectivity index (χ0v) is 9.35. The van der Waals surface area contributed by atoms with Gasteiger partial charge in [0.25, 0.3) is 0 Å². The highest BCUT2D eigenvalue weighted by atomic mass is 16.4. The number of fused-ring (bicyclic) bond motifs is 1. The normalized spacial score (nSPS) is 16.0. The van der Waals surface area contributed by atoms with E-state index in [-0.39, 0.29) is 5.56 Å². The van der Waals surface area contributed by atoms with Crippen LogP contribution < -0.4 is 0 Å². The zero-order chi connectivity index (χ0) is 11.8. The molecule has 3 rings (SSSR count). The second-order valence-electron chi connectivity index (χ2n) is 4.60. The van der Waals surface area contributed by atoms with Crippen molar-refractivity contribution in [3.05, 3.63) is 29.7 Å². The summed E-state index contributed by atoms with van der Waals surface area (Å²) in [5.74, 6) is 0.484. The maximum absolute atomic E-state index is 10.8. The molecule has 1 aromatic heterocycles. The Balaban J connectivity index is 1.91. The Labute approximate surface area is 98.3 Å². The van der Waals surface area contributed by atoms with Crippen LogP contribution in [0.4, 0.5) is 0 Å². The first-order chi connectivity index (χ1) is 8.22. The Morgan fingerprint density at radius 1 is 1.47 bits per heavy atom. The molecule has 0 aliphatic heterocycles. The van der Waals surface area contributed by atoms with Gasteiger partial charge in [-0.2, -0.15) is 0 Å². The van der Waals surface area contributed by atoms with Gasteiger partial charge in [-0.25, -0.2) is 9.78 Å². The van der Waals surface area contributed by atoms with Crippen molar-refractivity contribution in [3.8, 4) is 0 Å². The Morgan fingerprint density at radius 3 is 2.94 bits per heavy atom. The molecule has 2 aromatic rings. The first-order valence-electron chi connectivity index (χ1n) is 5.85. The number of hydrogen-bond acceptors (Lipinski definition) is 3. The van der Waals surface area contributed by atoms with Gasteiger partial charge in [-0.05, 0) is 37.0 Å². The molecule has 0 saturated heterocycles. The van der Waals surface area contributed by atoms with Gasteiger partial charge in [0, 0.05) is 6.42 Å². The van der Waals surface area contributed by atoms with Crippen molar-refractivity contribution >= 4 is 17.1 Å². The molecule has 88 valence electrons. The lowest BCUT2D eigenvalue weighted by atomic mass is 9.83. The molecule has 0 amide bonds. The first-order valence-corrected chi connectivity index (χ1v) is 5.85. The minimum atomic E-state index is -0.941. The third-order valence-electron chi connectivity index (χ3n) is 3.37. The van der Waals surface area contributed by atoms with Crippen LogP contribution in [-0.2, 0) is 6.42 Å². The highest BCUT2D eigenvalue weighted by Crippen LogP contribution is 2.30. The Morgan fingerprint density at radius 2 is 2.29 bits per heavy atom. The molecule has 4 nitrogen and oxygen atoms in total. The number of hydrogen-bond donors (Lipinski definition) is 1. The Hall–Kier alpha value is -1.84. The van der Waals surface area contributed by atoms with Crippen LogP contribution in [0.3, 0.4) is 0 Å². The summed E-state index contributed by atoms with van der Waals surface area (Å²) in [4.78, 5) is 15.2. The van der Waals surface area contributed by atoms with E-state index in [1.165, 1.54) is 25.3 Å². The van der Waals surface area contributed by atoms with Crippen LogP contribution in [-0.4, -0.2) is 16.1 Å². The lowest BCUT2D eigenvalue weighted by Crippen LogP contribution is -2.13. The minimum absolute atomic E-state index is 0.240. The standard InChI is InChI=1S/C13H13NO3/c15-13(16)9-4-5-10-11(7-9)17-12(14-10)6-8-2-1-3-8/h4-5,7-8H,1-3,6H2,(H,15,16). The summed E-state index contributed by atoms with van der Waals surface area (Å²) in [5.41, 5.74) is 1.55. The number of aromatic carboxylic acids is 1. The van der Waals surface area contributed by atoms with Gasteiger partial charge in [0.1, 0.15) is 5.52 Å². The molecule has 0 atom stereocenters. The largest absolute Gasteiger partial charge is 0.478 e. The van der Waals surface area contributed by atoms with Crippen molar-refractivity contribution in [2.45, 2.75) is 25.7 Å². The van der Waals surface area contributed by atoms with Gasteiger partial charge in [-0.15, -0.1) is 0 Å². The second-order valence-corrected chi connectivity index (χ2v) is 4.60. The van der Waals surface area contributed by atoms with Crippen LogP contribution in [0.5, 0.6) is 0 Å². The maximum atomic E-state index is 10.8. The molecule has 1 aromatic carbocycles. The van der Waals surface area contributed by atoms with E-state index in [0.717, 1.165) is 17.8 Å². The maximum Gasteiger partial charge on any atom is 0.335 e. The van der Waals surface area contributed by atoms with E-state index >= 15 is 0 Å². The fourth-order valence-electron chi connectivity index (χ4n) is 2.14. The van der Waals surface area contributed by atoms with Gasteiger partial charge < -0.3 is 9.52 Å². The average molecular weight is 231 g/mol. The SMILES string of the molecule is O=C(O)c1ccc2nc(CC3CCC3)oc2c1. The molecule has 1 heterocycles. The van der Waals surface area contributed by atoms with Gasteiger partial charge in [-0.1, -0.05) is 6.42 Å². The number of oxazole rings is 1. The molecule has 4 heteroatoms. The van der Waals surface area contributed by atoms with Gasteiger partial charge in [0.05, 0.1) is 5.56 Å². The van der Waals surface area contributed by atoms with Gasteiger partial charge >= 0.3 is 5.97 Å². The van der Waals surface area contributed by atoms with Crippen molar-refractivity contribution in [2.75, 3.05) is 0 Å². The minimum Gasteiger partial charge on any atom is -0.478 e. The van der Waals surface area contributed by atoms with Crippen LogP contribution in [0, 0.1) is 5.92 Å². The van der Waals surface area contributed by atoms with E-state index in [1.54, 1.807) is 12.1 Å². The quantitative estimate of drug-likeness (QED) is 0.882. The summed E-state index contributed by atoms with van der Waals surface area (Å²) in [6.07, 6.45) is 4.67. The van der Waals surface area contributed by atoms with Crippen molar-refractivity contribution in [3.63, 3.8) is 0 Å². The third kappa shape index (κ3) is 1.90. The summed E-state index contributed by atoms with van der Waals surface area (Å²) in [6, 6.07) is 4.79. The average Bonchev–Trinajstić information content (AvgIpc) is 2.64. The fourth-order valence-corrected chi connectivity index (χ4v) is 2.14. The van der Waals surface area contributed by atoms with E-state index in [1.807, 2.05) is 0 Å². The summed E-state index contributed by atoms with van der Waals surface area (Å²) in [6.45, 7) is 0. The topological polar surface area (TPSA) is 63.3 Å². The molecule has 0 unspecified atom stereocenters. The molecule has 1 aliphatic rings. The molecule has 1 fully saturated rings. The molecule has 0 bridgehead atoms. The predicted octanol–water partition coefficient (Wildman–Crippen LogP) is 2.87. The van der Waals surface area contributed by atoms with Crippen molar-refractivity contribution < 1.29 is 14.3 Å². The molecule has 1 saturated carbocycles. The highest BCUT2D eigenvalue weighted by Gasteiger charge is 2.20. The van der Waals surface area contributed by atoms with Crippen molar-refractivity contribution in [1.29, 1.82) is 0 Å². The molecule has 17 heavy (non-hydrogen) atoms. The highest BCUT2D eigenvalue weighted by molar-refractivity contribution is 5.91.